The van der Waals surface area contributed by atoms with E-state index in [1.54, 1.807) is 24.3 Å². The molecule has 0 saturated heterocycles. The zero-order valence-electron chi connectivity index (χ0n) is 8.39. The maximum absolute atomic E-state index is 7.32. The molecule has 0 unspecified atom stereocenters. The predicted octanol–water partition coefficient (Wildman–Crippen LogP) is 2.11. The Hall–Kier alpha value is -1.00. The van der Waals surface area contributed by atoms with Crippen molar-refractivity contribution in [3.8, 4) is 24.3 Å². The van der Waals surface area contributed by atoms with Gasteiger partial charge in [-0.15, -0.1) is 0 Å². The van der Waals surface area contributed by atoms with Crippen LogP contribution >= 0.6 is 0 Å². The maximum atomic E-state index is 7.32. The Balaban J connectivity index is -0.0000000145. The first-order chi connectivity index (χ1) is 5.66. The van der Waals surface area contributed by atoms with Gasteiger partial charge in [0.15, 0.2) is 0 Å². The van der Waals surface area contributed by atoms with Crippen molar-refractivity contribution in [1.82, 2.24) is 0 Å². The quantitative estimate of drug-likeness (QED) is 0.638. The zero-order valence-corrected chi connectivity index (χ0v) is 10.3. The molecule has 14 heavy (non-hydrogen) atoms. The summed E-state index contributed by atoms with van der Waals surface area (Å²) in [6.45, 7) is 5.72. The monoisotopic (exact) mass is 290 g/mol. The molecule has 0 amide bonds. The summed E-state index contributed by atoms with van der Waals surface area (Å²) in [5, 5.41) is 29.3. The van der Waals surface area contributed by atoms with Crippen LogP contribution in [0.2, 0.25) is 0 Å². The van der Waals surface area contributed by atoms with Crippen molar-refractivity contribution in [3.63, 3.8) is 0 Å². The number of hydrogen-bond donors (Lipinski definition) is 0. The second-order valence-corrected chi connectivity index (χ2v) is 0.894. The summed E-state index contributed by atoms with van der Waals surface area (Å²) in [5.74, 6) is 0. The van der Waals surface area contributed by atoms with Crippen molar-refractivity contribution in [1.29, 1.82) is 21.0 Å². The fraction of sp³-hybridized carbons (Fsp3) is 0.500. The van der Waals surface area contributed by atoms with E-state index in [4.69, 9.17) is 21.0 Å². The molecule has 0 aromatic rings. The zero-order chi connectivity index (χ0) is 10.8. The molecular formula is C8H12Cu2N4+3. The minimum Gasteiger partial charge on any atom is -0.199 e. The van der Waals surface area contributed by atoms with E-state index in [9.17, 15) is 0 Å². The molecule has 0 N–H and O–H groups in total. The normalized spacial score (nSPS) is 2.29. The van der Waals surface area contributed by atoms with Crippen molar-refractivity contribution in [2.45, 2.75) is 27.7 Å². The van der Waals surface area contributed by atoms with Crippen LogP contribution in [0.25, 0.3) is 0 Å². The summed E-state index contributed by atoms with van der Waals surface area (Å²) in [4.78, 5) is 0. The number of rotatable bonds is 0. The minimum absolute atomic E-state index is 0. The molecule has 0 saturated carbocycles. The summed E-state index contributed by atoms with van der Waals surface area (Å²) >= 11 is 0. The van der Waals surface area contributed by atoms with E-state index >= 15 is 0 Å². The molecule has 0 spiro atoms. The molecule has 83 valence electrons. The van der Waals surface area contributed by atoms with Gasteiger partial charge in [-0.1, -0.05) is 0 Å². The molecule has 0 bridgehead atoms. The Kier molecular flexibility index (Phi) is 440. The Labute approximate surface area is 107 Å². The Morgan fingerprint density at radius 3 is 0.571 bits per heavy atom. The van der Waals surface area contributed by atoms with Gasteiger partial charge in [0.1, 0.15) is 0 Å². The predicted molar refractivity (Wildman–Crippen MR) is 45.1 cm³/mol. The third-order valence-electron chi connectivity index (χ3n) is 0. The molecule has 0 aliphatic carbocycles. The van der Waals surface area contributed by atoms with Crippen molar-refractivity contribution < 1.29 is 34.1 Å². The minimum atomic E-state index is 0. The van der Waals surface area contributed by atoms with E-state index in [1.807, 2.05) is 0 Å². The SMILES string of the molecule is CC#N.CC#N.CC#N.CC#N.[Cu+2].[Cu+]. The van der Waals surface area contributed by atoms with Crippen LogP contribution in [-0.2, 0) is 34.1 Å². The maximum Gasteiger partial charge on any atom is 2.00 e. The summed E-state index contributed by atoms with van der Waals surface area (Å²) in [6, 6.07) is 7.00. The standard InChI is InChI=1S/4C2H3N.2Cu/c4*1-2-3;;/h4*1H3;;/q;;;;+1;+2. The third-order valence-corrected chi connectivity index (χ3v) is 0. The van der Waals surface area contributed by atoms with Gasteiger partial charge in [-0.25, -0.2) is 0 Å². The number of hydrogen-bond acceptors (Lipinski definition) is 4. The van der Waals surface area contributed by atoms with Crippen LogP contribution in [0.15, 0.2) is 0 Å². The molecule has 0 rings (SSSR count). The van der Waals surface area contributed by atoms with Gasteiger partial charge in [0.25, 0.3) is 0 Å². The van der Waals surface area contributed by atoms with Crippen LogP contribution in [-0.4, -0.2) is 0 Å². The van der Waals surface area contributed by atoms with E-state index in [1.165, 1.54) is 27.7 Å². The Morgan fingerprint density at radius 2 is 0.571 bits per heavy atom. The van der Waals surface area contributed by atoms with Gasteiger partial charge in [0, 0.05) is 27.7 Å². The van der Waals surface area contributed by atoms with Gasteiger partial charge in [-0.05, 0) is 0 Å². The number of nitrogens with zero attached hydrogens (tertiary/aromatic N) is 4. The van der Waals surface area contributed by atoms with Gasteiger partial charge in [-0.3, -0.25) is 0 Å². The van der Waals surface area contributed by atoms with Crippen LogP contribution in [0.4, 0.5) is 0 Å². The Bertz CT molecular complexity index is 153. The summed E-state index contributed by atoms with van der Waals surface area (Å²) < 4.78 is 0. The first-order valence-electron chi connectivity index (χ1n) is 2.89. The topological polar surface area (TPSA) is 95.2 Å². The molecule has 0 aromatic carbocycles. The summed E-state index contributed by atoms with van der Waals surface area (Å²) in [5.41, 5.74) is 0. The van der Waals surface area contributed by atoms with E-state index in [-0.39, 0.29) is 34.1 Å². The van der Waals surface area contributed by atoms with Gasteiger partial charge < -0.3 is 0 Å². The summed E-state index contributed by atoms with van der Waals surface area (Å²) in [6.07, 6.45) is 0. The number of nitriles is 4. The first kappa shape index (κ1) is 38.2. The molecule has 0 atom stereocenters. The average Bonchev–Trinajstić information content (AvgIpc) is 1.92. The largest absolute Gasteiger partial charge is 2.00 e. The fourth-order valence-corrected chi connectivity index (χ4v) is 0. The summed E-state index contributed by atoms with van der Waals surface area (Å²) in [7, 11) is 0. The van der Waals surface area contributed by atoms with Crippen LogP contribution in [0, 0.1) is 45.3 Å². The van der Waals surface area contributed by atoms with Crippen molar-refractivity contribution in [3.05, 3.63) is 0 Å². The second-order valence-electron chi connectivity index (χ2n) is 0.894. The smallest absolute Gasteiger partial charge is 0.199 e. The molecule has 0 aromatic heterocycles. The van der Waals surface area contributed by atoms with Crippen molar-refractivity contribution in [2.75, 3.05) is 0 Å². The third kappa shape index (κ3) is 1100. The van der Waals surface area contributed by atoms with Crippen LogP contribution in [0.5, 0.6) is 0 Å². The van der Waals surface area contributed by atoms with Gasteiger partial charge in [0.05, 0.1) is 24.3 Å². The molecule has 0 aliphatic rings. The Morgan fingerprint density at radius 1 is 0.571 bits per heavy atom. The molecular weight excluding hydrogens is 279 g/mol. The van der Waals surface area contributed by atoms with E-state index in [0.29, 0.717) is 0 Å². The second kappa shape index (κ2) is 161. The molecule has 0 heterocycles. The van der Waals surface area contributed by atoms with Gasteiger partial charge in [0.2, 0.25) is 0 Å². The van der Waals surface area contributed by atoms with Crippen LogP contribution < -0.4 is 0 Å². The molecule has 1 radical (unpaired) electrons. The van der Waals surface area contributed by atoms with Crippen molar-refractivity contribution >= 4 is 0 Å². The van der Waals surface area contributed by atoms with E-state index in [0.717, 1.165) is 0 Å². The van der Waals surface area contributed by atoms with Gasteiger partial charge in [-0.2, -0.15) is 21.0 Å². The van der Waals surface area contributed by atoms with Crippen LogP contribution in [0.3, 0.4) is 0 Å². The molecule has 0 fully saturated rings. The van der Waals surface area contributed by atoms with Crippen molar-refractivity contribution in [2.24, 2.45) is 0 Å². The fourth-order valence-electron chi connectivity index (χ4n) is 0. The molecule has 0 aliphatic heterocycles. The molecule has 6 heteroatoms. The van der Waals surface area contributed by atoms with E-state index in [2.05, 4.69) is 0 Å². The first-order valence-corrected chi connectivity index (χ1v) is 2.89. The van der Waals surface area contributed by atoms with E-state index < -0.39 is 0 Å². The van der Waals surface area contributed by atoms with Gasteiger partial charge >= 0.3 is 34.1 Å². The average molecular weight is 291 g/mol. The van der Waals surface area contributed by atoms with Crippen LogP contribution in [0.1, 0.15) is 27.7 Å². The molecule has 4 nitrogen and oxygen atoms in total.